The predicted octanol–water partition coefficient (Wildman–Crippen LogP) is 3.22. The maximum Gasteiger partial charge on any atom is 0.335 e. The number of aliphatic hydroxyl groups excluding tert-OH is 1. The number of unbranched alkanes of at least 4 members (excludes halogenated alkanes) is 6. The molecule has 0 saturated carbocycles. The number of rotatable bonds is 10. The van der Waals surface area contributed by atoms with Gasteiger partial charge in [0.2, 0.25) is 0 Å². The molecular formula is C14H26O3. The second kappa shape index (κ2) is 11.6. The lowest BCUT2D eigenvalue weighted by molar-refractivity contribution is -0.150. The fourth-order valence-electron chi connectivity index (χ4n) is 1.62. The molecule has 1 unspecified atom stereocenters. The smallest absolute Gasteiger partial charge is 0.335 e. The van der Waals surface area contributed by atoms with Crippen LogP contribution in [0.3, 0.4) is 0 Å². The first-order valence-corrected chi connectivity index (χ1v) is 6.63. The molecule has 0 fully saturated rings. The molecule has 0 radical (unpaired) electrons. The number of hydrogen-bond donors (Lipinski definition) is 1. The first-order valence-electron chi connectivity index (χ1n) is 6.63. The standard InChI is InChI=1S/C14H26O3/c1-3-4-5-6-7-8-9-10-11-12-13(15)14(16)17-2/h10-11,13,15H,3-9,12H2,1-2H3/b11-10-. The van der Waals surface area contributed by atoms with Crippen LogP contribution in [0.2, 0.25) is 0 Å². The SMILES string of the molecule is CCCCCCCC/C=C\CC(O)C(=O)OC. The van der Waals surface area contributed by atoms with Gasteiger partial charge in [-0.15, -0.1) is 0 Å². The van der Waals surface area contributed by atoms with Crippen molar-refractivity contribution in [3.05, 3.63) is 12.2 Å². The molecule has 0 aromatic heterocycles. The fourth-order valence-corrected chi connectivity index (χ4v) is 1.62. The van der Waals surface area contributed by atoms with Gasteiger partial charge in [0.1, 0.15) is 0 Å². The van der Waals surface area contributed by atoms with Gasteiger partial charge < -0.3 is 9.84 Å². The molecule has 0 saturated heterocycles. The summed E-state index contributed by atoms with van der Waals surface area (Å²) >= 11 is 0. The minimum absolute atomic E-state index is 0.350. The minimum Gasteiger partial charge on any atom is -0.467 e. The Bertz CT molecular complexity index is 212. The zero-order valence-corrected chi connectivity index (χ0v) is 11.2. The van der Waals surface area contributed by atoms with E-state index in [2.05, 4.69) is 11.7 Å². The van der Waals surface area contributed by atoms with Crippen molar-refractivity contribution >= 4 is 5.97 Å². The van der Waals surface area contributed by atoms with E-state index in [0.29, 0.717) is 6.42 Å². The van der Waals surface area contributed by atoms with Gasteiger partial charge in [0.25, 0.3) is 0 Å². The average molecular weight is 242 g/mol. The summed E-state index contributed by atoms with van der Waals surface area (Å²) in [5, 5.41) is 9.29. The second-order valence-electron chi connectivity index (χ2n) is 4.30. The number of ether oxygens (including phenoxy) is 1. The minimum atomic E-state index is -1.01. The molecule has 0 aromatic rings. The molecule has 100 valence electrons. The third kappa shape index (κ3) is 10.1. The van der Waals surface area contributed by atoms with E-state index < -0.39 is 12.1 Å². The highest BCUT2D eigenvalue weighted by molar-refractivity contribution is 5.74. The lowest BCUT2D eigenvalue weighted by Crippen LogP contribution is -2.20. The molecule has 0 aliphatic carbocycles. The molecule has 0 aliphatic rings. The van der Waals surface area contributed by atoms with Crippen LogP contribution in [0.1, 0.15) is 58.3 Å². The number of carbonyl (C=O) groups excluding carboxylic acids is 1. The average Bonchev–Trinajstić information content (AvgIpc) is 2.35. The molecule has 0 rings (SSSR count). The summed E-state index contributed by atoms with van der Waals surface area (Å²) in [6.45, 7) is 2.22. The quantitative estimate of drug-likeness (QED) is 0.363. The Balaban J connectivity index is 3.33. The van der Waals surface area contributed by atoms with Gasteiger partial charge in [-0.05, 0) is 12.8 Å². The molecule has 3 nitrogen and oxygen atoms in total. The van der Waals surface area contributed by atoms with E-state index in [9.17, 15) is 9.90 Å². The highest BCUT2D eigenvalue weighted by atomic mass is 16.5. The van der Waals surface area contributed by atoms with E-state index in [0.717, 1.165) is 6.42 Å². The van der Waals surface area contributed by atoms with Crippen LogP contribution in [-0.4, -0.2) is 24.3 Å². The fraction of sp³-hybridized carbons (Fsp3) is 0.786. The number of methoxy groups -OCH3 is 1. The summed E-state index contributed by atoms with van der Waals surface area (Å²) in [6.07, 6.45) is 12.0. The Morgan fingerprint density at radius 3 is 2.47 bits per heavy atom. The molecule has 3 heteroatoms. The van der Waals surface area contributed by atoms with Crippen LogP contribution in [-0.2, 0) is 9.53 Å². The lowest BCUT2D eigenvalue weighted by atomic mass is 10.1. The van der Waals surface area contributed by atoms with E-state index in [1.807, 2.05) is 12.2 Å². The Kier molecular flexibility index (Phi) is 11.1. The van der Waals surface area contributed by atoms with Gasteiger partial charge >= 0.3 is 5.97 Å². The summed E-state index contributed by atoms with van der Waals surface area (Å²) in [7, 11) is 1.28. The van der Waals surface area contributed by atoms with Crippen molar-refractivity contribution in [1.82, 2.24) is 0 Å². The van der Waals surface area contributed by atoms with E-state index in [-0.39, 0.29) is 0 Å². The molecule has 17 heavy (non-hydrogen) atoms. The van der Waals surface area contributed by atoms with Crippen LogP contribution in [0, 0.1) is 0 Å². The van der Waals surface area contributed by atoms with Crippen LogP contribution in [0.5, 0.6) is 0 Å². The summed E-state index contributed by atoms with van der Waals surface area (Å²) < 4.78 is 4.42. The molecular weight excluding hydrogens is 216 g/mol. The van der Waals surface area contributed by atoms with E-state index >= 15 is 0 Å². The van der Waals surface area contributed by atoms with Gasteiger partial charge in [-0.1, -0.05) is 51.2 Å². The van der Waals surface area contributed by atoms with Gasteiger partial charge in [0.15, 0.2) is 6.10 Å². The van der Waals surface area contributed by atoms with Crippen LogP contribution in [0.15, 0.2) is 12.2 Å². The summed E-state index contributed by atoms with van der Waals surface area (Å²) in [5.74, 6) is -0.561. The zero-order chi connectivity index (χ0) is 12.9. The Labute approximate surface area is 105 Å². The van der Waals surface area contributed by atoms with Crippen molar-refractivity contribution in [3.8, 4) is 0 Å². The third-order valence-corrected chi connectivity index (χ3v) is 2.72. The van der Waals surface area contributed by atoms with Crippen LogP contribution >= 0.6 is 0 Å². The van der Waals surface area contributed by atoms with Crippen molar-refractivity contribution in [2.24, 2.45) is 0 Å². The molecule has 0 aliphatic heterocycles. The maximum absolute atomic E-state index is 10.9. The highest BCUT2D eigenvalue weighted by Crippen LogP contribution is 2.07. The molecule has 0 amide bonds. The zero-order valence-electron chi connectivity index (χ0n) is 11.2. The molecule has 0 heterocycles. The first-order chi connectivity index (χ1) is 8.22. The Morgan fingerprint density at radius 1 is 1.18 bits per heavy atom. The van der Waals surface area contributed by atoms with E-state index in [1.54, 1.807) is 0 Å². The summed E-state index contributed by atoms with van der Waals surface area (Å²) in [6, 6.07) is 0. The monoisotopic (exact) mass is 242 g/mol. The topological polar surface area (TPSA) is 46.5 Å². The number of carbonyl (C=O) groups is 1. The molecule has 0 spiro atoms. The second-order valence-corrected chi connectivity index (χ2v) is 4.30. The third-order valence-electron chi connectivity index (χ3n) is 2.72. The van der Waals surface area contributed by atoms with Crippen molar-refractivity contribution < 1.29 is 14.6 Å². The van der Waals surface area contributed by atoms with E-state index in [4.69, 9.17) is 0 Å². The van der Waals surface area contributed by atoms with E-state index in [1.165, 1.54) is 45.6 Å². The van der Waals surface area contributed by atoms with Gasteiger partial charge in [-0.3, -0.25) is 0 Å². The van der Waals surface area contributed by atoms with Gasteiger partial charge in [-0.2, -0.15) is 0 Å². The normalized spacial score (nSPS) is 12.9. The van der Waals surface area contributed by atoms with Gasteiger partial charge in [0.05, 0.1) is 7.11 Å². The maximum atomic E-state index is 10.9. The van der Waals surface area contributed by atoms with Crippen molar-refractivity contribution in [2.45, 2.75) is 64.4 Å². The highest BCUT2D eigenvalue weighted by Gasteiger charge is 2.12. The first kappa shape index (κ1) is 16.2. The largest absolute Gasteiger partial charge is 0.467 e. The molecule has 0 bridgehead atoms. The van der Waals surface area contributed by atoms with Crippen LogP contribution in [0.4, 0.5) is 0 Å². The number of allylic oxidation sites excluding steroid dienone is 1. The van der Waals surface area contributed by atoms with Gasteiger partial charge in [-0.25, -0.2) is 4.79 Å². The van der Waals surface area contributed by atoms with Crippen LogP contribution < -0.4 is 0 Å². The Hall–Kier alpha value is -0.830. The summed E-state index contributed by atoms with van der Waals surface area (Å²) in [5.41, 5.74) is 0. The molecule has 1 N–H and O–H groups in total. The lowest BCUT2D eigenvalue weighted by Gasteiger charge is -2.03. The van der Waals surface area contributed by atoms with Gasteiger partial charge in [0, 0.05) is 6.42 Å². The predicted molar refractivity (Wildman–Crippen MR) is 69.8 cm³/mol. The number of hydrogen-bond acceptors (Lipinski definition) is 3. The number of esters is 1. The van der Waals surface area contributed by atoms with Crippen molar-refractivity contribution in [1.29, 1.82) is 0 Å². The molecule has 1 atom stereocenters. The van der Waals surface area contributed by atoms with Crippen LogP contribution in [0.25, 0.3) is 0 Å². The molecule has 0 aromatic carbocycles. The van der Waals surface area contributed by atoms with Crippen molar-refractivity contribution in [3.63, 3.8) is 0 Å². The Morgan fingerprint density at radius 2 is 1.82 bits per heavy atom. The van der Waals surface area contributed by atoms with Crippen molar-refractivity contribution in [2.75, 3.05) is 7.11 Å². The summed E-state index contributed by atoms with van der Waals surface area (Å²) in [4.78, 5) is 10.9. The number of aliphatic hydroxyl groups is 1.